The Balaban J connectivity index is 2.54. The molecule has 1 heterocycles. The number of aliphatic carboxylic acids is 1. The van der Waals surface area contributed by atoms with E-state index in [2.05, 4.69) is 4.74 Å². The average molecular weight is 186 g/mol. The number of carbonyl (C=O) groups excluding carboxylic acids is 2. The number of carbonyl (C=O) groups is 3. The molecule has 1 N–H and O–H groups in total. The number of rotatable bonds is 3. The Labute approximate surface area is 74.7 Å². The summed E-state index contributed by atoms with van der Waals surface area (Å²) in [4.78, 5) is 32.0. The van der Waals surface area contributed by atoms with Crippen molar-refractivity contribution < 1.29 is 24.2 Å². The Hall–Kier alpha value is -1.39. The van der Waals surface area contributed by atoms with Gasteiger partial charge in [0.2, 0.25) is 0 Å². The van der Waals surface area contributed by atoms with Gasteiger partial charge in [-0.25, -0.2) is 0 Å². The van der Waals surface area contributed by atoms with Crippen LogP contribution >= 0.6 is 0 Å². The number of carboxylic acids is 1. The van der Waals surface area contributed by atoms with Crippen molar-refractivity contribution in [3.8, 4) is 0 Å². The number of ether oxygens (including phenoxy) is 1. The van der Waals surface area contributed by atoms with Crippen LogP contribution in [0, 0.1) is 11.8 Å². The summed E-state index contributed by atoms with van der Waals surface area (Å²) in [5.41, 5.74) is 0. The van der Waals surface area contributed by atoms with Crippen molar-refractivity contribution in [2.24, 2.45) is 11.8 Å². The molecule has 1 rings (SSSR count). The molecule has 0 aromatic carbocycles. The molecule has 72 valence electrons. The predicted molar refractivity (Wildman–Crippen MR) is 40.6 cm³/mol. The quantitative estimate of drug-likeness (QED) is 0.502. The van der Waals surface area contributed by atoms with Gasteiger partial charge in [-0.1, -0.05) is 6.92 Å². The number of hydrogen-bond acceptors (Lipinski definition) is 4. The third kappa shape index (κ3) is 2.05. The van der Waals surface area contributed by atoms with Crippen LogP contribution in [0.2, 0.25) is 0 Å². The summed E-state index contributed by atoms with van der Waals surface area (Å²) in [5.74, 6) is -3.21. The fraction of sp³-hybridized carbons (Fsp3) is 0.625. The van der Waals surface area contributed by atoms with Crippen LogP contribution in [0.3, 0.4) is 0 Å². The van der Waals surface area contributed by atoms with E-state index >= 15 is 0 Å². The zero-order valence-electron chi connectivity index (χ0n) is 7.15. The van der Waals surface area contributed by atoms with E-state index in [9.17, 15) is 14.4 Å². The topological polar surface area (TPSA) is 80.7 Å². The molecule has 0 saturated carbocycles. The molecule has 1 fully saturated rings. The molecular formula is C8H10O5. The molecule has 1 saturated heterocycles. The molecule has 0 unspecified atom stereocenters. The van der Waals surface area contributed by atoms with E-state index < -0.39 is 29.7 Å². The minimum atomic E-state index is -0.973. The summed E-state index contributed by atoms with van der Waals surface area (Å²) in [7, 11) is 0. The lowest BCUT2D eigenvalue weighted by molar-refractivity contribution is -0.153. The standard InChI is InChI=1S/C8H10O5/c1-4-5(2-3-6(9)10)8(12)13-7(4)11/h4-5H,2-3H2,1H3,(H,9,10)/t4-,5-/m0/s1. The van der Waals surface area contributed by atoms with E-state index in [1.165, 1.54) is 0 Å². The largest absolute Gasteiger partial charge is 0.481 e. The van der Waals surface area contributed by atoms with Crippen molar-refractivity contribution in [3.63, 3.8) is 0 Å². The molecule has 13 heavy (non-hydrogen) atoms. The highest BCUT2D eigenvalue weighted by Crippen LogP contribution is 2.26. The van der Waals surface area contributed by atoms with Gasteiger partial charge in [-0.2, -0.15) is 0 Å². The van der Waals surface area contributed by atoms with Gasteiger partial charge in [-0.15, -0.1) is 0 Å². The zero-order valence-corrected chi connectivity index (χ0v) is 7.15. The van der Waals surface area contributed by atoms with Crippen molar-refractivity contribution in [2.45, 2.75) is 19.8 Å². The van der Waals surface area contributed by atoms with E-state index in [0.717, 1.165) is 0 Å². The van der Waals surface area contributed by atoms with Crippen LogP contribution < -0.4 is 0 Å². The van der Waals surface area contributed by atoms with E-state index in [1.54, 1.807) is 6.92 Å². The van der Waals surface area contributed by atoms with Gasteiger partial charge in [-0.05, 0) is 6.42 Å². The van der Waals surface area contributed by atoms with Gasteiger partial charge >= 0.3 is 17.9 Å². The molecule has 0 aliphatic carbocycles. The first kappa shape index (κ1) is 9.70. The monoisotopic (exact) mass is 186 g/mol. The van der Waals surface area contributed by atoms with Crippen molar-refractivity contribution >= 4 is 17.9 Å². The molecule has 5 heteroatoms. The average Bonchev–Trinajstić information content (AvgIpc) is 2.24. The van der Waals surface area contributed by atoms with Crippen molar-refractivity contribution in [1.82, 2.24) is 0 Å². The molecular weight excluding hydrogens is 176 g/mol. The summed E-state index contributed by atoms with van der Waals surface area (Å²) < 4.78 is 4.35. The van der Waals surface area contributed by atoms with Gasteiger partial charge in [0.1, 0.15) is 0 Å². The number of carboxylic acid groups (broad SMARTS) is 1. The Morgan fingerprint density at radius 2 is 2.08 bits per heavy atom. The summed E-state index contributed by atoms with van der Waals surface area (Å²) in [5, 5.41) is 8.38. The van der Waals surface area contributed by atoms with E-state index in [1.807, 2.05) is 0 Å². The molecule has 5 nitrogen and oxygen atoms in total. The summed E-state index contributed by atoms with van der Waals surface area (Å²) in [6, 6.07) is 0. The first-order valence-corrected chi connectivity index (χ1v) is 3.99. The minimum absolute atomic E-state index is 0.114. The molecule has 0 radical (unpaired) electrons. The van der Waals surface area contributed by atoms with Crippen LogP contribution in [0.1, 0.15) is 19.8 Å². The minimum Gasteiger partial charge on any atom is -0.481 e. The third-order valence-electron chi connectivity index (χ3n) is 2.15. The second-order valence-corrected chi connectivity index (χ2v) is 3.07. The smallest absolute Gasteiger partial charge is 0.317 e. The highest BCUT2D eigenvalue weighted by Gasteiger charge is 2.40. The van der Waals surface area contributed by atoms with Gasteiger partial charge in [-0.3, -0.25) is 14.4 Å². The van der Waals surface area contributed by atoms with E-state index in [-0.39, 0.29) is 12.8 Å². The Bertz CT molecular complexity index is 257. The predicted octanol–water partition coefficient (Wildman–Crippen LogP) is 0.187. The van der Waals surface area contributed by atoms with Gasteiger partial charge in [0.05, 0.1) is 11.8 Å². The lowest BCUT2D eigenvalue weighted by Crippen LogP contribution is -2.16. The van der Waals surface area contributed by atoms with Crippen LogP contribution in [-0.2, 0) is 19.1 Å². The van der Waals surface area contributed by atoms with Crippen LogP contribution in [0.5, 0.6) is 0 Å². The van der Waals surface area contributed by atoms with Crippen LogP contribution in [0.15, 0.2) is 0 Å². The Morgan fingerprint density at radius 3 is 2.46 bits per heavy atom. The first-order valence-electron chi connectivity index (χ1n) is 3.99. The number of hydrogen-bond donors (Lipinski definition) is 1. The molecule has 0 bridgehead atoms. The van der Waals surface area contributed by atoms with Gasteiger partial charge in [0, 0.05) is 6.42 Å². The highest BCUT2D eigenvalue weighted by molar-refractivity contribution is 5.96. The second-order valence-electron chi connectivity index (χ2n) is 3.07. The maximum atomic E-state index is 11.0. The third-order valence-corrected chi connectivity index (χ3v) is 2.15. The summed E-state index contributed by atoms with van der Waals surface area (Å²) >= 11 is 0. The van der Waals surface area contributed by atoms with Crippen molar-refractivity contribution in [3.05, 3.63) is 0 Å². The molecule has 0 aromatic rings. The summed E-state index contributed by atoms with van der Waals surface area (Å²) in [6.45, 7) is 1.57. The Morgan fingerprint density at radius 1 is 1.46 bits per heavy atom. The maximum absolute atomic E-state index is 11.0. The van der Waals surface area contributed by atoms with Gasteiger partial charge in [0.15, 0.2) is 0 Å². The van der Waals surface area contributed by atoms with Crippen LogP contribution in [-0.4, -0.2) is 23.0 Å². The SMILES string of the molecule is C[C@@H]1C(=O)OC(=O)[C@H]1CCC(=O)O. The van der Waals surface area contributed by atoms with E-state index in [4.69, 9.17) is 5.11 Å². The molecule has 0 aromatic heterocycles. The maximum Gasteiger partial charge on any atom is 0.317 e. The molecule has 0 amide bonds. The summed E-state index contributed by atoms with van der Waals surface area (Å²) in [6.07, 6.45) is 0.0540. The normalized spacial score (nSPS) is 27.5. The molecule has 0 spiro atoms. The van der Waals surface area contributed by atoms with Gasteiger partial charge in [0.25, 0.3) is 0 Å². The fourth-order valence-corrected chi connectivity index (χ4v) is 1.28. The zero-order chi connectivity index (χ0) is 10.0. The first-order chi connectivity index (χ1) is 6.02. The lowest BCUT2D eigenvalue weighted by Gasteiger charge is -2.05. The van der Waals surface area contributed by atoms with Crippen LogP contribution in [0.4, 0.5) is 0 Å². The number of cyclic esters (lactones) is 2. The van der Waals surface area contributed by atoms with Gasteiger partial charge < -0.3 is 9.84 Å². The van der Waals surface area contributed by atoms with E-state index in [0.29, 0.717) is 0 Å². The molecule has 2 atom stereocenters. The highest BCUT2D eigenvalue weighted by atomic mass is 16.6. The lowest BCUT2D eigenvalue weighted by atomic mass is 9.92. The number of esters is 2. The molecule has 1 aliphatic heterocycles. The molecule has 1 aliphatic rings. The van der Waals surface area contributed by atoms with Crippen molar-refractivity contribution in [2.75, 3.05) is 0 Å². The second kappa shape index (κ2) is 3.55. The fourth-order valence-electron chi connectivity index (χ4n) is 1.28. The van der Waals surface area contributed by atoms with Crippen molar-refractivity contribution in [1.29, 1.82) is 0 Å². The Kier molecular flexibility index (Phi) is 2.65. The van der Waals surface area contributed by atoms with Crippen LogP contribution in [0.25, 0.3) is 0 Å².